The lowest BCUT2D eigenvalue weighted by molar-refractivity contribution is 0.0861. The molecule has 1 rings (SSSR count). The van der Waals surface area contributed by atoms with Crippen LogP contribution in [-0.4, -0.2) is 61.7 Å². The van der Waals surface area contributed by atoms with Crippen LogP contribution in [0.1, 0.15) is 47.0 Å². The third-order valence-electron chi connectivity index (χ3n) is 4.44. The van der Waals surface area contributed by atoms with Crippen LogP contribution in [0.4, 0.5) is 0 Å². The summed E-state index contributed by atoms with van der Waals surface area (Å²) < 4.78 is 0. The zero-order chi connectivity index (χ0) is 14.3. The first-order valence-corrected chi connectivity index (χ1v) is 8.20. The Morgan fingerprint density at radius 1 is 1.05 bits per heavy atom. The maximum atomic E-state index is 3.75. The van der Waals surface area contributed by atoms with Crippen molar-refractivity contribution in [1.82, 2.24) is 15.1 Å². The number of nitrogens with zero attached hydrogens (tertiary/aromatic N) is 2. The molecule has 1 saturated heterocycles. The largest absolute Gasteiger partial charge is 0.313 e. The van der Waals surface area contributed by atoms with Gasteiger partial charge in [0.2, 0.25) is 0 Å². The van der Waals surface area contributed by atoms with Crippen molar-refractivity contribution in [1.29, 1.82) is 0 Å². The van der Waals surface area contributed by atoms with Crippen molar-refractivity contribution in [3.05, 3.63) is 0 Å². The smallest absolute Gasteiger partial charge is 0.0244 e. The average Bonchev–Trinajstić information content (AvgIpc) is 2.38. The van der Waals surface area contributed by atoms with Gasteiger partial charge in [0, 0.05) is 44.8 Å². The van der Waals surface area contributed by atoms with Crippen molar-refractivity contribution in [2.45, 2.75) is 59.0 Å². The molecule has 0 aromatic carbocycles. The van der Waals surface area contributed by atoms with Gasteiger partial charge >= 0.3 is 0 Å². The molecule has 0 aromatic heterocycles. The fraction of sp³-hybridized carbons (Fsp3) is 1.00. The summed E-state index contributed by atoms with van der Waals surface area (Å²) in [6.45, 7) is 15.4. The minimum atomic E-state index is 0.661. The van der Waals surface area contributed by atoms with E-state index in [0.29, 0.717) is 12.1 Å². The van der Waals surface area contributed by atoms with Gasteiger partial charge in [0.1, 0.15) is 0 Å². The molecule has 2 atom stereocenters. The topological polar surface area (TPSA) is 18.5 Å². The molecule has 0 saturated carbocycles. The standard InChI is InChI=1S/C16H35N3/c1-6-7-8-15(4)17-13-16(14(2)3)19-11-9-18(5)10-12-19/h14-17H,6-13H2,1-5H3. The molecule has 0 amide bonds. The van der Waals surface area contributed by atoms with Crippen molar-refractivity contribution >= 4 is 0 Å². The number of hydrogen-bond acceptors (Lipinski definition) is 3. The van der Waals surface area contributed by atoms with Crippen molar-refractivity contribution in [3.63, 3.8) is 0 Å². The van der Waals surface area contributed by atoms with Crippen LogP contribution in [0, 0.1) is 5.92 Å². The fourth-order valence-electron chi connectivity index (χ4n) is 2.87. The lowest BCUT2D eigenvalue weighted by atomic mass is 10.0. The van der Waals surface area contributed by atoms with Gasteiger partial charge in [-0.2, -0.15) is 0 Å². The molecular weight excluding hydrogens is 234 g/mol. The van der Waals surface area contributed by atoms with Gasteiger partial charge < -0.3 is 10.2 Å². The van der Waals surface area contributed by atoms with E-state index >= 15 is 0 Å². The first kappa shape index (κ1) is 16.9. The van der Waals surface area contributed by atoms with E-state index in [2.05, 4.69) is 49.9 Å². The summed E-state index contributed by atoms with van der Waals surface area (Å²) in [4.78, 5) is 5.12. The minimum absolute atomic E-state index is 0.661. The maximum absolute atomic E-state index is 3.75. The fourth-order valence-corrected chi connectivity index (χ4v) is 2.87. The average molecular weight is 269 g/mol. The van der Waals surface area contributed by atoms with Crippen LogP contribution in [-0.2, 0) is 0 Å². The van der Waals surface area contributed by atoms with E-state index in [9.17, 15) is 0 Å². The molecule has 0 aliphatic carbocycles. The van der Waals surface area contributed by atoms with E-state index in [1.807, 2.05) is 0 Å². The Bertz CT molecular complexity index is 222. The summed E-state index contributed by atoms with van der Waals surface area (Å²) in [5, 5.41) is 3.75. The Morgan fingerprint density at radius 3 is 2.21 bits per heavy atom. The van der Waals surface area contributed by atoms with Gasteiger partial charge in [0.15, 0.2) is 0 Å². The van der Waals surface area contributed by atoms with E-state index in [-0.39, 0.29) is 0 Å². The van der Waals surface area contributed by atoms with Gasteiger partial charge in [0.25, 0.3) is 0 Å². The first-order valence-electron chi connectivity index (χ1n) is 8.20. The quantitative estimate of drug-likeness (QED) is 0.730. The minimum Gasteiger partial charge on any atom is -0.313 e. The molecule has 1 aliphatic heterocycles. The molecule has 19 heavy (non-hydrogen) atoms. The van der Waals surface area contributed by atoms with Gasteiger partial charge in [-0.25, -0.2) is 0 Å². The molecule has 0 spiro atoms. The number of rotatable bonds is 8. The van der Waals surface area contributed by atoms with E-state index in [1.165, 1.54) is 45.4 Å². The number of unbranched alkanes of at least 4 members (excludes halogenated alkanes) is 1. The summed E-state index contributed by atoms with van der Waals surface area (Å²) >= 11 is 0. The van der Waals surface area contributed by atoms with E-state index in [4.69, 9.17) is 0 Å². The lowest BCUT2D eigenvalue weighted by Gasteiger charge is -2.40. The summed E-state index contributed by atoms with van der Waals surface area (Å²) in [6, 6.07) is 1.35. The zero-order valence-corrected chi connectivity index (χ0v) is 13.8. The SMILES string of the molecule is CCCCC(C)NCC(C(C)C)N1CCN(C)CC1. The number of nitrogens with one attached hydrogen (secondary N) is 1. The highest BCUT2D eigenvalue weighted by Gasteiger charge is 2.24. The third-order valence-corrected chi connectivity index (χ3v) is 4.44. The monoisotopic (exact) mass is 269 g/mol. The van der Waals surface area contributed by atoms with Gasteiger partial charge in [-0.3, -0.25) is 4.90 Å². The van der Waals surface area contributed by atoms with Crippen LogP contribution >= 0.6 is 0 Å². The normalized spacial score (nSPS) is 21.8. The molecule has 1 aliphatic rings. The second-order valence-electron chi connectivity index (χ2n) is 6.60. The van der Waals surface area contributed by atoms with E-state index in [0.717, 1.165) is 12.5 Å². The van der Waals surface area contributed by atoms with Crippen molar-refractivity contribution in [2.75, 3.05) is 39.8 Å². The highest BCUT2D eigenvalue weighted by atomic mass is 15.3. The summed E-state index contributed by atoms with van der Waals surface area (Å²) in [5.74, 6) is 0.731. The van der Waals surface area contributed by atoms with Gasteiger partial charge in [-0.1, -0.05) is 33.6 Å². The van der Waals surface area contributed by atoms with Gasteiger partial charge in [-0.15, -0.1) is 0 Å². The predicted molar refractivity (Wildman–Crippen MR) is 84.7 cm³/mol. The molecule has 114 valence electrons. The van der Waals surface area contributed by atoms with Crippen molar-refractivity contribution in [3.8, 4) is 0 Å². The molecule has 3 nitrogen and oxygen atoms in total. The molecule has 1 fully saturated rings. The summed E-state index contributed by atoms with van der Waals surface area (Å²) in [5.41, 5.74) is 0. The molecule has 1 N–H and O–H groups in total. The van der Waals surface area contributed by atoms with Crippen molar-refractivity contribution in [2.24, 2.45) is 5.92 Å². The highest BCUT2D eigenvalue weighted by Crippen LogP contribution is 2.13. The zero-order valence-electron chi connectivity index (χ0n) is 13.8. The Labute approximate surface area is 120 Å². The molecule has 0 radical (unpaired) electrons. The number of hydrogen-bond donors (Lipinski definition) is 1. The Kier molecular flexibility index (Phi) is 7.96. The van der Waals surface area contributed by atoms with Gasteiger partial charge in [0.05, 0.1) is 0 Å². The lowest BCUT2D eigenvalue weighted by Crippen LogP contribution is -2.54. The van der Waals surface area contributed by atoms with E-state index in [1.54, 1.807) is 0 Å². The Hall–Kier alpha value is -0.120. The summed E-state index contributed by atoms with van der Waals surface area (Å²) in [6.07, 6.45) is 3.96. The van der Waals surface area contributed by atoms with Crippen LogP contribution in [0.5, 0.6) is 0 Å². The predicted octanol–water partition coefficient (Wildman–Crippen LogP) is 2.43. The van der Waals surface area contributed by atoms with E-state index < -0.39 is 0 Å². The summed E-state index contributed by atoms with van der Waals surface area (Å²) in [7, 11) is 2.23. The second-order valence-corrected chi connectivity index (χ2v) is 6.60. The third kappa shape index (κ3) is 6.24. The molecule has 0 aromatic rings. The second kappa shape index (κ2) is 8.93. The first-order chi connectivity index (χ1) is 9.04. The molecule has 2 unspecified atom stereocenters. The van der Waals surface area contributed by atoms with Crippen LogP contribution in [0.25, 0.3) is 0 Å². The number of piperazine rings is 1. The molecule has 1 heterocycles. The van der Waals surface area contributed by atoms with Crippen molar-refractivity contribution < 1.29 is 0 Å². The van der Waals surface area contributed by atoms with Crippen LogP contribution in [0.2, 0.25) is 0 Å². The number of likely N-dealkylation sites (N-methyl/N-ethyl adjacent to an activating group) is 1. The van der Waals surface area contributed by atoms with Gasteiger partial charge in [-0.05, 0) is 26.3 Å². The van der Waals surface area contributed by atoms with Crippen LogP contribution < -0.4 is 5.32 Å². The maximum Gasteiger partial charge on any atom is 0.0244 e. The van der Waals surface area contributed by atoms with Crippen LogP contribution in [0.3, 0.4) is 0 Å². The molecular formula is C16H35N3. The van der Waals surface area contributed by atoms with Crippen LogP contribution in [0.15, 0.2) is 0 Å². The Balaban J connectivity index is 2.36. The molecule has 0 bridgehead atoms. The Morgan fingerprint density at radius 2 is 1.68 bits per heavy atom. The molecule has 3 heteroatoms. The highest BCUT2D eigenvalue weighted by molar-refractivity contribution is 4.82.